The Balaban J connectivity index is 2.11. The normalized spacial score (nSPS) is 14.3. The molecule has 0 bridgehead atoms. The number of nitrogens with zero attached hydrogens (tertiary/aromatic N) is 2. The van der Waals surface area contributed by atoms with Gasteiger partial charge in [0.1, 0.15) is 6.10 Å². The van der Waals surface area contributed by atoms with Gasteiger partial charge in [-0.25, -0.2) is 4.68 Å². The first-order valence-electron chi connectivity index (χ1n) is 6.61. The van der Waals surface area contributed by atoms with Gasteiger partial charge in [0.15, 0.2) is 0 Å². The fourth-order valence-electron chi connectivity index (χ4n) is 1.81. The fraction of sp³-hybridized carbons (Fsp3) is 0.400. The van der Waals surface area contributed by atoms with Gasteiger partial charge in [-0.3, -0.25) is 0 Å². The Morgan fingerprint density at radius 3 is 2.68 bits per heavy atom. The van der Waals surface area contributed by atoms with Crippen molar-refractivity contribution in [1.29, 1.82) is 0 Å². The first-order valence-corrected chi connectivity index (χ1v) is 7.66. The topological polar surface area (TPSA) is 38.1 Å². The molecule has 0 radical (unpaired) electrons. The molecule has 0 fully saturated rings. The minimum atomic E-state index is -0.485. The van der Waals surface area contributed by atoms with Crippen LogP contribution in [0.3, 0.4) is 0 Å². The molecule has 102 valence electrons. The minimum absolute atomic E-state index is 0.485. The largest absolute Gasteiger partial charge is 0.386 e. The molecule has 3 nitrogen and oxygen atoms in total. The van der Waals surface area contributed by atoms with Gasteiger partial charge in [0.05, 0.1) is 11.4 Å². The molecule has 0 spiro atoms. The Morgan fingerprint density at radius 1 is 1.26 bits per heavy atom. The van der Waals surface area contributed by atoms with Crippen molar-refractivity contribution < 1.29 is 5.11 Å². The summed E-state index contributed by atoms with van der Waals surface area (Å²) < 4.78 is 1.81. The summed E-state index contributed by atoms with van der Waals surface area (Å²) in [5.74, 6) is 0.702. The first kappa shape index (κ1) is 14.2. The zero-order chi connectivity index (χ0) is 13.7. The van der Waals surface area contributed by atoms with E-state index in [9.17, 15) is 5.11 Å². The molecule has 1 N–H and O–H groups in total. The van der Waals surface area contributed by atoms with E-state index >= 15 is 0 Å². The van der Waals surface area contributed by atoms with Gasteiger partial charge in [-0.1, -0.05) is 32.0 Å². The molecule has 2 rings (SSSR count). The summed E-state index contributed by atoms with van der Waals surface area (Å²) in [6, 6.07) is 11.8. The van der Waals surface area contributed by atoms with E-state index in [0.29, 0.717) is 11.0 Å². The Labute approximate surface area is 118 Å². The molecule has 0 saturated carbocycles. The summed E-state index contributed by atoms with van der Waals surface area (Å²) >= 11 is 1.80. The average molecular weight is 276 g/mol. The van der Waals surface area contributed by atoms with Crippen LogP contribution in [-0.4, -0.2) is 25.9 Å². The van der Waals surface area contributed by atoms with Gasteiger partial charge in [0.2, 0.25) is 0 Å². The lowest BCUT2D eigenvalue weighted by Gasteiger charge is -2.15. The number of thioether (sulfide) groups is 1. The molecule has 1 heterocycles. The molecule has 2 aromatic rings. The number of aromatic nitrogens is 2. The molecule has 2 unspecified atom stereocenters. The van der Waals surface area contributed by atoms with Gasteiger partial charge in [-0.2, -0.15) is 16.9 Å². The van der Waals surface area contributed by atoms with Gasteiger partial charge in [0.25, 0.3) is 0 Å². The Morgan fingerprint density at radius 2 is 2.00 bits per heavy atom. The molecule has 19 heavy (non-hydrogen) atoms. The summed E-state index contributed by atoms with van der Waals surface area (Å²) in [6.45, 7) is 4.35. The molecule has 0 saturated heterocycles. The number of aliphatic hydroxyl groups excluding tert-OH is 1. The SMILES string of the molecule is CCC(C)SCC(O)c1ccnn1-c1ccccc1. The molecule has 4 heteroatoms. The van der Waals surface area contributed by atoms with E-state index in [2.05, 4.69) is 18.9 Å². The lowest BCUT2D eigenvalue weighted by molar-refractivity contribution is 0.195. The monoisotopic (exact) mass is 276 g/mol. The first-order chi connectivity index (χ1) is 9.22. The summed E-state index contributed by atoms with van der Waals surface area (Å²) in [6.07, 6.45) is 2.37. The molecule has 2 atom stereocenters. The van der Waals surface area contributed by atoms with Crippen LogP contribution in [0.1, 0.15) is 32.1 Å². The van der Waals surface area contributed by atoms with Gasteiger partial charge < -0.3 is 5.11 Å². The molecular formula is C15H20N2OS. The summed E-state index contributed by atoms with van der Waals surface area (Å²) in [5.41, 5.74) is 1.83. The van der Waals surface area contributed by atoms with Crippen LogP contribution in [0.2, 0.25) is 0 Å². The van der Waals surface area contributed by atoms with Crippen LogP contribution in [0.25, 0.3) is 5.69 Å². The van der Waals surface area contributed by atoms with Gasteiger partial charge in [-0.05, 0) is 24.6 Å². The predicted molar refractivity (Wildman–Crippen MR) is 80.7 cm³/mol. The van der Waals surface area contributed by atoms with Crippen LogP contribution < -0.4 is 0 Å². The molecule has 1 aromatic carbocycles. The predicted octanol–water partition coefficient (Wildman–Crippen LogP) is 3.44. The minimum Gasteiger partial charge on any atom is -0.386 e. The van der Waals surface area contributed by atoms with Crippen molar-refractivity contribution in [3.8, 4) is 5.69 Å². The van der Waals surface area contributed by atoms with Crippen molar-refractivity contribution in [2.75, 3.05) is 5.75 Å². The van der Waals surface area contributed by atoms with E-state index in [1.807, 2.05) is 41.1 Å². The maximum Gasteiger partial charge on any atom is 0.105 e. The second kappa shape index (κ2) is 6.78. The van der Waals surface area contributed by atoms with Crippen LogP contribution >= 0.6 is 11.8 Å². The summed E-state index contributed by atoms with van der Waals surface area (Å²) in [4.78, 5) is 0. The van der Waals surface area contributed by atoms with Crippen molar-refractivity contribution in [2.45, 2.75) is 31.6 Å². The third kappa shape index (κ3) is 3.61. The highest BCUT2D eigenvalue weighted by molar-refractivity contribution is 7.99. The number of benzene rings is 1. The van der Waals surface area contributed by atoms with E-state index in [1.54, 1.807) is 18.0 Å². The maximum absolute atomic E-state index is 10.3. The van der Waals surface area contributed by atoms with E-state index in [4.69, 9.17) is 0 Å². The zero-order valence-corrected chi connectivity index (χ0v) is 12.2. The van der Waals surface area contributed by atoms with E-state index in [0.717, 1.165) is 17.8 Å². The van der Waals surface area contributed by atoms with Crippen molar-refractivity contribution in [3.63, 3.8) is 0 Å². The summed E-state index contributed by atoms with van der Waals surface area (Å²) in [5, 5.41) is 15.2. The molecule has 1 aromatic heterocycles. The quantitative estimate of drug-likeness (QED) is 0.878. The van der Waals surface area contributed by atoms with Crippen molar-refractivity contribution in [3.05, 3.63) is 48.3 Å². The smallest absolute Gasteiger partial charge is 0.105 e. The van der Waals surface area contributed by atoms with Crippen molar-refractivity contribution >= 4 is 11.8 Å². The number of aliphatic hydroxyl groups is 1. The van der Waals surface area contributed by atoms with Crippen LogP contribution in [0.4, 0.5) is 0 Å². The highest BCUT2D eigenvalue weighted by Crippen LogP contribution is 2.24. The third-order valence-electron chi connectivity index (χ3n) is 3.13. The third-order valence-corrected chi connectivity index (χ3v) is 4.54. The molecule has 0 aliphatic carbocycles. The lowest BCUT2D eigenvalue weighted by atomic mass is 10.2. The Bertz CT molecular complexity index is 498. The van der Waals surface area contributed by atoms with Crippen LogP contribution in [0, 0.1) is 0 Å². The van der Waals surface area contributed by atoms with Gasteiger partial charge >= 0.3 is 0 Å². The van der Waals surface area contributed by atoms with Gasteiger partial charge in [0, 0.05) is 17.2 Å². The second-order valence-corrected chi connectivity index (χ2v) is 6.04. The average Bonchev–Trinajstić information content (AvgIpc) is 2.94. The van der Waals surface area contributed by atoms with Crippen molar-refractivity contribution in [1.82, 2.24) is 9.78 Å². The van der Waals surface area contributed by atoms with E-state index in [1.165, 1.54) is 0 Å². The van der Waals surface area contributed by atoms with Gasteiger partial charge in [-0.15, -0.1) is 0 Å². The standard InChI is InChI=1S/C15H20N2OS/c1-3-12(2)19-11-15(18)14-9-10-16-17(14)13-7-5-4-6-8-13/h4-10,12,15,18H,3,11H2,1-2H3. The number of para-hydroxylation sites is 1. The zero-order valence-electron chi connectivity index (χ0n) is 11.4. The van der Waals surface area contributed by atoms with E-state index in [-0.39, 0.29) is 0 Å². The highest BCUT2D eigenvalue weighted by atomic mass is 32.2. The number of hydrogen-bond acceptors (Lipinski definition) is 3. The molecular weight excluding hydrogens is 256 g/mol. The van der Waals surface area contributed by atoms with Crippen LogP contribution in [0.15, 0.2) is 42.6 Å². The maximum atomic E-state index is 10.3. The lowest BCUT2D eigenvalue weighted by Crippen LogP contribution is -2.10. The highest BCUT2D eigenvalue weighted by Gasteiger charge is 2.15. The van der Waals surface area contributed by atoms with Crippen LogP contribution in [-0.2, 0) is 0 Å². The summed E-state index contributed by atoms with van der Waals surface area (Å²) in [7, 11) is 0. The van der Waals surface area contributed by atoms with E-state index < -0.39 is 6.10 Å². The molecule has 0 aliphatic heterocycles. The molecule has 0 aliphatic rings. The molecule has 0 amide bonds. The Kier molecular flexibility index (Phi) is 5.05. The van der Waals surface area contributed by atoms with Crippen LogP contribution in [0.5, 0.6) is 0 Å². The second-order valence-electron chi connectivity index (χ2n) is 4.57. The number of hydrogen-bond donors (Lipinski definition) is 1. The van der Waals surface area contributed by atoms with Crippen molar-refractivity contribution in [2.24, 2.45) is 0 Å². The number of rotatable bonds is 6. The Hall–Kier alpha value is -1.26. The fourth-order valence-corrected chi connectivity index (χ4v) is 2.73.